The second-order valence-corrected chi connectivity index (χ2v) is 10.7. The zero-order chi connectivity index (χ0) is 25.9. The Morgan fingerprint density at radius 2 is 1.84 bits per heavy atom. The van der Waals surface area contributed by atoms with Crippen molar-refractivity contribution in [2.24, 2.45) is 10.9 Å². The molecule has 37 heavy (non-hydrogen) atoms. The summed E-state index contributed by atoms with van der Waals surface area (Å²) < 4.78 is 22.1. The van der Waals surface area contributed by atoms with E-state index in [4.69, 9.17) is 23.9 Å². The largest absolute Gasteiger partial charge is 0.497 e. The first-order valence-electron chi connectivity index (χ1n) is 12.6. The van der Waals surface area contributed by atoms with Crippen LogP contribution >= 0.6 is 11.8 Å². The molecular weight excluding hydrogens is 490 g/mol. The van der Waals surface area contributed by atoms with Crippen molar-refractivity contribution in [3.8, 4) is 17.2 Å². The molecule has 7 nitrogen and oxygen atoms in total. The molecule has 0 radical (unpaired) electrons. The lowest BCUT2D eigenvalue weighted by Gasteiger charge is -2.36. The van der Waals surface area contributed by atoms with Gasteiger partial charge in [-0.25, -0.2) is 0 Å². The van der Waals surface area contributed by atoms with E-state index in [0.29, 0.717) is 42.2 Å². The predicted molar refractivity (Wildman–Crippen MR) is 143 cm³/mol. The van der Waals surface area contributed by atoms with Gasteiger partial charge in [-0.2, -0.15) is 11.8 Å². The predicted octanol–water partition coefficient (Wildman–Crippen LogP) is 5.30. The molecule has 0 saturated heterocycles. The number of benzene rings is 2. The van der Waals surface area contributed by atoms with Crippen LogP contribution in [-0.2, 0) is 14.3 Å². The van der Waals surface area contributed by atoms with Gasteiger partial charge in [-0.15, -0.1) is 0 Å². The zero-order valence-electron chi connectivity index (χ0n) is 21.3. The molecule has 0 amide bonds. The zero-order valence-corrected chi connectivity index (χ0v) is 22.1. The third-order valence-electron chi connectivity index (χ3n) is 7.16. The summed E-state index contributed by atoms with van der Waals surface area (Å²) >= 11 is 1.72. The van der Waals surface area contributed by atoms with Crippen molar-refractivity contribution >= 4 is 29.2 Å². The van der Waals surface area contributed by atoms with Gasteiger partial charge in [-0.1, -0.05) is 25.1 Å². The Hall–Kier alpha value is -3.26. The highest BCUT2D eigenvalue weighted by molar-refractivity contribution is 7.99. The molecule has 0 aromatic heterocycles. The van der Waals surface area contributed by atoms with E-state index in [9.17, 15) is 9.59 Å². The van der Waals surface area contributed by atoms with Crippen molar-refractivity contribution in [3.05, 3.63) is 64.9 Å². The van der Waals surface area contributed by atoms with Gasteiger partial charge in [0.25, 0.3) is 0 Å². The fourth-order valence-electron chi connectivity index (χ4n) is 5.38. The topological polar surface area (TPSA) is 83.4 Å². The van der Waals surface area contributed by atoms with Crippen LogP contribution in [0, 0.1) is 5.92 Å². The number of carbonyl (C=O) groups excluding carboxylic acids is 2. The lowest BCUT2D eigenvalue weighted by molar-refractivity contribution is -0.145. The first-order chi connectivity index (χ1) is 18.0. The molecule has 2 aromatic rings. The molecule has 2 aliphatic heterocycles. The molecule has 1 unspecified atom stereocenters. The second-order valence-electron chi connectivity index (χ2n) is 9.35. The summed E-state index contributed by atoms with van der Waals surface area (Å²) in [5.74, 6) is 2.26. The molecule has 0 N–H and O–H groups in total. The first-order valence-corrected chi connectivity index (χ1v) is 13.7. The minimum Gasteiger partial charge on any atom is -0.497 e. The van der Waals surface area contributed by atoms with Crippen LogP contribution in [0.15, 0.2) is 58.7 Å². The van der Waals surface area contributed by atoms with Crippen LogP contribution in [-0.4, -0.2) is 49.5 Å². The van der Waals surface area contributed by atoms with Crippen LogP contribution in [0.1, 0.15) is 49.7 Å². The maximum atomic E-state index is 13.8. The van der Waals surface area contributed by atoms with E-state index < -0.39 is 11.8 Å². The molecular formula is C29H31NO6S. The van der Waals surface area contributed by atoms with E-state index in [1.54, 1.807) is 18.9 Å². The Morgan fingerprint density at radius 1 is 1.08 bits per heavy atom. The van der Waals surface area contributed by atoms with Gasteiger partial charge in [-0.3, -0.25) is 14.6 Å². The van der Waals surface area contributed by atoms with E-state index in [1.165, 1.54) is 0 Å². The van der Waals surface area contributed by atoms with Crippen molar-refractivity contribution < 1.29 is 28.5 Å². The van der Waals surface area contributed by atoms with Crippen LogP contribution < -0.4 is 14.2 Å². The van der Waals surface area contributed by atoms with Gasteiger partial charge < -0.3 is 18.9 Å². The number of aliphatic imine (C=N–C) groups is 1. The number of ketones is 1. The maximum absolute atomic E-state index is 13.8. The van der Waals surface area contributed by atoms with Crippen molar-refractivity contribution in [2.45, 2.75) is 38.5 Å². The minimum absolute atomic E-state index is 0.0142. The van der Waals surface area contributed by atoms with E-state index in [-0.39, 0.29) is 24.5 Å². The van der Waals surface area contributed by atoms with Crippen LogP contribution in [0.4, 0.5) is 0 Å². The highest BCUT2D eigenvalue weighted by Crippen LogP contribution is 2.48. The number of esters is 1. The maximum Gasteiger partial charge on any atom is 0.315 e. The number of hydrogen-bond donors (Lipinski definition) is 0. The summed E-state index contributed by atoms with van der Waals surface area (Å²) in [7, 11) is 1.64. The van der Waals surface area contributed by atoms with E-state index in [2.05, 4.69) is 6.92 Å². The summed E-state index contributed by atoms with van der Waals surface area (Å²) in [6.45, 7) is 4.41. The Kier molecular flexibility index (Phi) is 7.55. The molecule has 2 aromatic carbocycles. The Bertz CT molecular complexity index is 1250. The molecule has 0 bridgehead atoms. The van der Waals surface area contributed by atoms with Gasteiger partial charge in [0.05, 0.1) is 7.11 Å². The smallest absolute Gasteiger partial charge is 0.315 e. The molecule has 0 fully saturated rings. The molecule has 3 aliphatic rings. The molecule has 194 valence electrons. The number of hydrogen-bond acceptors (Lipinski definition) is 8. The van der Waals surface area contributed by atoms with Gasteiger partial charge >= 0.3 is 5.97 Å². The highest BCUT2D eigenvalue weighted by atomic mass is 32.2. The molecule has 0 spiro atoms. The molecule has 0 saturated carbocycles. The monoisotopic (exact) mass is 521 g/mol. The normalized spacial score (nSPS) is 22.4. The third kappa shape index (κ3) is 5.12. The summed E-state index contributed by atoms with van der Waals surface area (Å²) in [5.41, 5.74) is 3.93. The standard InChI is InChI=1S/C29H31NO6S/c1-4-37-12-11-34-29(32)26-17(2)30-22-13-20(18-5-8-21(33-3)9-6-18)14-23(31)28(22)27(26)19-7-10-24-25(15-19)36-16-35-24/h5-10,15,20,26-27H,4,11-14,16H2,1-3H3/t20-,26?,27+/m0/s1. The third-order valence-corrected chi connectivity index (χ3v) is 8.03. The number of methoxy groups -OCH3 is 1. The lowest BCUT2D eigenvalue weighted by Crippen LogP contribution is -2.38. The van der Waals surface area contributed by atoms with Crippen molar-refractivity contribution in [3.63, 3.8) is 0 Å². The van der Waals surface area contributed by atoms with Gasteiger partial charge in [0.2, 0.25) is 6.79 Å². The van der Waals surface area contributed by atoms with Crippen LogP contribution in [0.2, 0.25) is 0 Å². The summed E-state index contributed by atoms with van der Waals surface area (Å²) in [5, 5.41) is 0. The quantitative estimate of drug-likeness (QED) is 0.345. The number of Topliss-reactive ketones (excluding diaryl/α,β-unsaturated/α-hetero) is 1. The molecule has 5 rings (SSSR count). The van der Waals surface area contributed by atoms with Crippen molar-refractivity contribution in [1.82, 2.24) is 0 Å². The molecule has 8 heteroatoms. The lowest BCUT2D eigenvalue weighted by atomic mass is 9.69. The first kappa shape index (κ1) is 25.4. The van der Waals surface area contributed by atoms with Gasteiger partial charge in [0, 0.05) is 35.1 Å². The summed E-state index contributed by atoms with van der Waals surface area (Å²) in [4.78, 5) is 32.0. The SMILES string of the molecule is CCSCCOC(=O)C1C(C)=NC2=C(C(=O)C[C@@H](c3ccc(OC)cc3)C2)[C@@H]1c1ccc2c(c1)OCO2. The van der Waals surface area contributed by atoms with Gasteiger partial charge in [0.15, 0.2) is 17.3 Å². The Morgan fingerprint density at radius 3 is 2.59 bits per heavy atom. The van der Waals surface area contributed by atoms with E-state index in [0.717, 1.165) is 34.1 Å². The fourth-order valence-corrected chi connectivity index (χ4v) is 5.87. The van der Waals surface area contributed by atoms with E-state index >= 15 is 0 Å². The molecule has 3 atom stereocenters. The van der Waals surface area contributed by atoms with Crippen molar-refractivity contribution in [1.29, 1.82) is 0 Å². The van der Waals surface area contributed by atoms with E-state index in [1.807, 2.05) is 49.4 Å². The number of rotatable bonds is 8. The van der Waals surface area contributed by atoms with Crippen molar-refractivity contribution in [2.75, 3.05) is 32.0 Å². The van der Waals surface area contributed by atoms with Crippen LogP contribution in [0.3, 0.4) is 0 Å². The Labute approximate surface area is 221 Å². The van der Waals surface area contributed by atoms with Gasteiger partial charge in [-0.05, 0) is 60.4 Å². The molecule has 2 heterocycles. The minimum atomic E-state index is -0.674. The average Bonchev–Trinajstić information content (AvgIpc) is 3.38. The molecule has 1 aliphatic carbocycles. The number of nitrogens with zero attached hydrogens (tertiary/aromatic N) is 1. The number of thioether (sulfide) groups is 1. The fraction of sp³-hybridized carbons (Fsp3) is 0.414. The highest BCUT2D eigenvalue weighted by Gasteiger charge is 2.45. The Balaban J connectivity index is 1.51. The second kappa shape index (κ2) is 11.0. The summed E-state index contributed by atoms with van der Waals surface area (Å²) in [6, 6.07) is 13.5. The summed E-state index contributed by atoms with van der Waals surface area (Å²) in [6.07, 6.45) is 0.983. The van der Waals surface area contributed by atoms with Crippen LogP contribution in [0.5, 0.6) is 17.2 Å². The van der Waals surface area contributed by atoms with Crippen LogP contribution in [0.25, 0.3) is 0 Å². The number of fused-ring (bicyclic) bond motifs is 1. The average molecular weight is 522 g/mol. The number of carbonyl (C=O) groups is 2. The number of allylic oxidation sites excluding steroid dienone is 2. The van der Waals surface area contributed by atoms with Gasteiger partial charge in [0.1, 0.15) is 18.3 Å². The number of ether oxygens (including phenoxy) is 4.